The highest BCUT2D eigenvalue weighted by atomic mass is 16.5. The van der Waals surface area contributed by atoms with E-state index in [1.54, 1.807) is 0 Å². The molecule has 5 nitrogen and oxygen atoms in total. The Balaban J connectivity index is 1.54. The van der Waals surface area contributed by atoms with Crippen LogP contribution in [0.1, 0.15) is 44.2 Å². The third-order valence-corrected chi connectivity index (χ3v) is 4.61. The van der Waals surface area contributed by atoms with Crippen molar-refractivity contribution in [1.82, 2.24) is 15.1 Å². The number of hydrogen-bond acceptors (Lipinski definition) is 4. The third kappa shape index (κ3) is 3.22. The zero-order valence-electron chi connectivity index (χ0n) is 12.2. The minimum Gasteiger partial charge on any atom is -0.389 e. The number of nitrogens with one attached hydrogen (secondary N) is 1. The van der Waals surface area contributed by atoms with Crippen LogP contribution >= 0.6 is 0 Å². The summed E-state index contributed by atoms with van der Waals surface area (Å²) < 4.78 is 7.33. The van der Waals surface area contributed by atoms with Gasteiger partial charge < -0.3 is 15.2 Å². The van der Waals surface area contributed by atoms with Gasteiger partial charge in [0.25, 0.3) is 0 Å². The van der Waals surface area contributed by atoms with Crippen LogP contribution in [-0.4, -0.2) is 40.2 Å². The molecule has 1 saturated heterocycles. The van der Waals surface area contributed by atoms with E-state index >= 15 is 0 Å². The van der Waals surface area contributed by atoms with Crippen molar-refractivity contribution >= 4 is 0 Å². The molecule has 3 atom stereocenters. The lowest BCUT2D eigenvalue weighted by atomic mass is 9.85. The molecule has 1 aliphatic heterocycles. The zero-order valence-corrected chi connectivity index (χ0v) is 12.2. The summed E-state index contributed by atoms with van der Waals surface area (Å²) in [5.41, 5.74) is 1.20. The second-order valence-electron chi connectivity index (χ2n) is 6.22. The first-order chi connectivity index (χ1) is 9.72. The lowest BCUT2D eigenvalue weighted by Crippen LogP contribution is -2.47. The number of ether oxygens (including phenoxy) is 1. The van der Waals surface area contributed by atoms with Gasteiger partial charge in [-0.1, -0.05) is 6.42 Å². The van der Waals surface area contributed by atoms with Gasteiger partial charge in [0.05, 0.1) is 18.9 Å². The van der Waals surface area contributed by atoms with E-state index in [0.717, 1.165) is 25.5 Å². The first-order valence-electron chi connectivity index (χ1n) is 7.76. The Kier molecular flexibility index (Phi) is 4.38. The van der Waals surface area contributed by atoms with Gasteiger partial charge in [-0.15, -0.1) is 0 Å². The van der Waals surface area contributed by atoms with Crippen molar-refractivity contribution in [3.05, 3.63) is 18.0 Å². The lowest BCUT2D eigenvalue weighted by molar-refractivity contribution is -0.0299. The predicted molar refractivity (Wildman–Crippen MR) is 76.3 cm³/mol. The molecule has 0 amide bonds. The highest BCUT2D eigenvalue weighted by molar-refractivity contribution is 5.10. The van der Waals surface area contributed by atoms with Gasteiger partial charge in [-0.25, -0.2) is 0 Å². The second-order valence-corrected chi connectivity index (χ2v) is 6.22. The van der Waals surface area contributed by atoms with Crippen molar-refractivity contribution in [1.29, 1.82) is 0 Å². The van der Waals surface area contributed by atoms with Gasteiger partial charge in [-0.3, -0.25) is 4.68 Å². The SMILES string of the molecule is CC(N[C@@H]1CCOC[C@H]1O)c1cnn(CC2CCC2)c1. The van der Waals surface area contributed by atoms with E-state index in [-0.39, 0.29) is 12.1 Å². The average molecular weight is 279 g/mol. The second kappa shape index (κ2) is 6.24. The topological polar surface area (TPSA) is 59.3 Å². The van der Waals surface area contributed by atoms with Crippen LogP contribution in [0.2, 0.25) is 0 Å². The summed E-state index contributed by atoms with van der Waals surface area (Å²) in [5, 5.41) is 17.9. The Labute approximate surface area is 120 Å². The molecule has 1 aromatic heterocycles. The fourth-order valence-corrected chi connectivity index (χ4v) is 2.98. The molecule has 0 aromatic carbocycles. The molecule has 20 heavy (non-hydrogen) atoms. The number of rotatable bonds is 5. The van der Waals surface area contributed by atoms with Gasteiger partial charge >= 0.3 is 0 Å². The Hall–Kier alpha value is -0.910. The maximum atomic E-state index is 9.92. The van der Waals surface area contributed by atoms with Crippen LogP contribution in [0.15, 0.2) is 12.4 Å². The highest BCUT2D eigenvalue weighted by Gasteiger charge is 2.25. The molecule has 1 saturated carbocycles. The monoisotopic (exact) mass is 279 g/mol. The maximum absolute atomic E-state index is 9.92. The van der Waals surface area contributed by atoms with Crippen molar-refractivity contribution in [3.63, 3.8) is 0 Å². The number of aromatic nitrogens is 2. The molecule has 2 aliphatic rings. The molecule has 1 aliphatic carbocycles. The Morgan fingerprint density at radius 3 is 3.05 bits per heavy atom. The molecule has 3 rings (SSSR count). The van der Waals surface area contributed by atoms with E-state index in [1.807, 2.05) is 6.20 Å². The molecule has 1 unspecified atom stereocenters. The number of hydrogen-bond donors (Lipinski definition) is 2. The van der Waals surface area contributed by atoms with Crippen molar-refractivity contribution in [2.45, 2.75) is 57.3 Å². The van der Waals surface area contributed by atoms with E-state index in [1.165, 1.54) is 24.8 Å². The normalized spacial score (nSPS) is 29.1. The van der Waals surface area contributed by atoms with Crippen LogP contribution in [0.5, 0.6) is 0 Å². The van der Waals surface area contributed by atoms with Crippen molar-refractivity contribution in [3.8, 4) is 0 Å². The minimum absolute atomic E-state index is 0.119. The van der Waals surface area contributed by atoms with E-state index < -0.39 is 6.10 Å². The summed E-state index contributed by atoms with van der Waals surface area (Å²) in [6.07, 6.45) is 8.61. The summed E-state index contributed by atoms with van der Waals surface area (Å²) in [4.78, 5) is 0. The van der Waals surface area contributed by atoms with E-state index in [9.17, 15) is 5.11 Å². The van der Waals surface area contributed by atoms with Crippen LogP contribution < -0.4 is 5.32 Å². The van der Waals surface area contributed by atoms with Crippen LogP contribution in [0.25, 0.3) is 0 Å². The molecular formula is C15H25N3O2. The lowest BCUT2D eigenvalue weighted by Gasteiger charge is -2.30. The summed E-state index contributed by atoms with van der Waals surface area (Å²) in [7, 11) is 0. The minimum atomic E-state index is -0.406. The maximum Gasteiger partial charge on any atom is 0.0927 e. The van der Waals surface area contributed by atoms with Crippen molar-refractivity contribution in [2.24, 2.45) is 5.92 Å². The molecular weight excluding hydrogens is 254 g/mol. The summed E-state index contributed by atoms with van der Waals surface area (Å²) in [6.45, 7) is 4.34. The average Bonchev–Trinajstić information content (AvgIpc) is 2.85. The van der Waals surface area contributed by atoms with E-state index in [0.29, 0.717) is 6.61 Å². The quantitative estimate of drug-likeness (QED) is 0.857. The molecule has 2 N–H and O–H groups in total. The third-order valence-electron chi connectivity index (χ3n) is 4.61. The van der Waals surface area contributed by atoms with Crippen LogP contribution in [0.3, 0.4) is 0 Å². The summed E-state index contributed by atoms with van der Waals surface area (Å²) in [5.74, 6) is 0.823. The Morgan fingerprint density at radius 1 is 1.50 bits per heavy atom. The standard InChI is InChI=1S/C15H25N3O2/c1-11(17-14-5-6-20-10-15(14)19)13-7-16-18(9-13)8-12-3-2-4-12/h7,9,11-12,14-15,17,19H,2-6,8,10H2,1H3/t11?,14-,15-/m1/s1. The van der Waals surface area contributed by atoms with Gasteiger partial charge in [-0.2, -0.15) is 5.10 Å². The summed E-state index contributed by atoms with van der Waals surface area (Å²) >= 11 is 0. The first-order valence-corrected chi connectivity index (χ1v) is 7.76. The fraction of sp³-hybridized carbons (Fsp3) is 0.800. The molecule has 1 aromatic rings. The molecule has 2 heterocycles. The van der Waals surface area contributed by atoms with Crippen LogP contribution in [-0.2, 0) is 11.3 Å². The van der Waals surface area contributed by atoms with E-state index in [4.69, 9.17) is 4.74 Å². The van der Waals surface area contributed by atoms with Gasteiger partial charge in [0.1, 0.15) is 0 Å². The first kappa shape index (κ1) is 14.0. The number of aliphatic hydroxyl groups is 1. The van der Waals surface area contributed by atoms with Gasteiger partial charge in [0, 0.05) is 37.0 Å². The predicted octanol–water partition coefficient (Wildman–Crippen LogP) is 1.48. The van der Waals surface area contributed by atoms with Gasteiger partial charge in [-0.05, 0) is 32.1 Å². The Morgan fingerprint density at radius 2 is 2.35 bits per heavy atom. The largest absolute Gasteiger partial charge is 0.389 e. The van der Waals surface area contributed by atoms with Crippen molar-refractivity contribution in [2.75, 3.05) is 13.2 Å². The smallest absolute Gasteiger partial charge is 0.0927 e. The van der Waals surface area contributed by atoms with E-state index in [2.05, 4.69) is 28.2 Å². The molecule has 5 heteroatoms. The Bertz CT molecular complexity index is 431. The molecule has 0 radical (unpaired) electrons. The molecule has 0 spiro atoms. The van der Waals surface area contributed by atoms with Crippen molar-refractivity contribution < 1.29 is 9.84 Å². The molecule has 112 valence electrons. The molecule has 2 fully saturated rings. The summed E-state index contributed by atoms with van der Waals surface area (Å²) in [6, 6.07) is 0.330. The van der Waals surface area contributed by atoms with Gasteiger partial charge in [0.15, 0.2) is 0 Å². The zero-order chi connectivity index (χ0) is 13.9. The highest BCUT2D eigenvalue weighted by Crippen LogP contribution is 2.28. The molecule has 0 bridgehead atoms. The number of aliphatic hydroxyl groups excluding tert-OH is 1. The fourth-order valence-electron chi connectivity index (χ4n) is 2.98. The van der Waals surface area contributed by atoms with Crippen LogP contribution in [0, 0.1) is 5.92 Å². The van der Waals surface area contributed by atoms with Crippen LogP contribution in [0.4, 0.5) is 0 Å². The number of nitrogens with zero attached hydrogens (tertiary/aromatic N) is 2. The van der Waals surface area contributed by atoms with Gasteiger partial charge in [0.2, 0.25) is 0 Å².